The normalized spacial score (nSPS) is 10.5. The molecule has 0 aliphatic heterocycles. The van der Waals surface area contributed by atoms with Crippen molar-refractivity contribution in [2.45, 2.75) is 0 Å². The first-order valence-electron chi connectivity index (χ1n) is 3.70. The van der Waals surface area contributed by atoms with Gasteiger partial charge in [-0.2, -0.15) is 0 Å². The second-order valence-corrected chi connectivity index (χ2v) is 3.29. The molecule has 0 aliphatic carbocycles. The second-order valence-electron chi connectivity index (χ2n) is 2.54. The number of rotatable bonds is 1. The minimum Gasteiger partial charge on any atom is -0.268 e. The van der Waals surface area contributed by atoms with Crippen LogP contribution < -0.4 is 0 Å². The highest BCUT2D eigenvalue weighted by Gasteiger charge is 2.12. The maximum Gasteiger partial charge on any atom is 0.229 e. The van der Waals surface area contributed by atoms with Crippen LogP contribution in [0.25, 0.3) is 5.69 Å². The van der Waals surface area contributed by atoms with Gasteiger partial charge in [0.2, 0.25) is 5.28 Å². The molecule has 0 bridgehead atoms. The van der Waals surface area contributed by atoms with Crippen molar-refractivity contribution in [3.05, 3.63) is 40.6 Å². The molecule has 0 unspecified atom stereocenters. The van der Waals surface area contributed by atoms with Crippen molar-refractivity contribution in [3.63, 3.8) is 0 Å². The summed E-state index contributed by atoms with van der Waals surface area (Å²) in [4.78, 5) is 0. The molecule has 3 nitrogen and oxygen atoms in total. The molecule has 0 radical (unpaired) electrons. The van der Waals surface area contributed by atoms with E-state index >= 15 is 0 Å². The smallest absolute Gasteiger partial charge is 0.229 e. The van der Waals surface area contributed by atoms with Gasteiger partial charge >= 0.3 is 0 Å². The van der Waals surface area contributed by atoms with Crippen molar-refractivity contribution in [2.24, 2.45) is 0 Å². The van der Waals surface area contributed by atoms with Crippen LogP contribution in [0.15, 0.2) is 24.5 Å². The van der Waals surface area contributed by atoms with Crippen molar-refractivity contribution in [1.82, 2.24) is 14.8 Å². The minimum atomic E-state index is -0.473. The highest BCUT2D eigenvalue weighted by molar-refractivity contribution is 6.33. The van der Waals surface area contributed by atoms with Crippen LogP contribution in [0.1, 0.15) is 0 Å². The molecule has 0 amide bonds. The number of benzene rings is 1. The lowest BCUT2D eigenvalue weighted by molar-refractivity contribution is 0.618. The summed E-state index contributed by atoms with van der Waals surface area (Å²) in [5.74, 6) is -0.473. The van der Waals surface area contributed by atoms with Crippen LogP contribution in [0, 0.1) is 5.82 Å². The van der Waals surface area contributed by atoms with Gasteiger partial charge in [0.15, 0.2) is 0 Å². The fraction of sp³-hybridized carbons (Fsp3) is 0. The molecule has 1 heterocycles. The van der Waals surface area contributed by atoms with E-state index in [1.54, 1.807) is 6.07 Å². The molecular weight excluding hydrogens is 228 g/mol. The summed E-state index contributed by atoms with van der Waals surface area (Å²) >= 11 is 11.5. The monoisotopic (exact) mass is 231 g/mol. The standard InChI is InChI=1S/C8H4Cl2FN3/c9-5-2-1-3-6(11)7(5)14-4-12-13-8(14)10/h1-4H. The summed E-state index contributed by atoms with van der Waals surface area (Å²) in [5.41, 5.74) is 0.157. The highest BCUT2D eigenvalue weighted by Crippen LogP contribution is 2.25. The molecule has 1 aromatic carbocycles. The van der Waals surface area contributed by atoms with E-state index in [2.05, 4.69) is 10.2 Å². The quantitative estimate of drug-likeness (QED) is 0.756. The number of nitrogens with zero attached hydrogens (tertiary/aromatic N) is 3. The number of hydrogen-bond donors (Lipinski definition) is 0. The predicted octanol–water partition coefficient (Wildman–Crippen LogP) is 2.71. The predicted molar refractivity (Wildman–Crippen MR) is 51.3 cm³/mol. The van der Waals surface area contributed by atoms with Gasteiger partial charge < -0.3 is 0 Å². The summed E-state index contributed by atoms with van der Waals surface area (Å²) in [6, 6.07) is 4.37. The third kappa shape index (κ3) is 1.47. The van der Waals surface area contributed by atoms with Crippen molar-refractivity contribution in [3.8, 4) is 5.69 Å². The fourth-order valence-corrected chi connectivity index (χ4v) is 1.52. The van der Waals surface area contributed by atoms with Gasteiger partial charge in [0, 0.05) is 0 Å². The van der Waals surface area contributed by atoms with Crippen LogP contribution in [0.2, 0.25) is 10.3 Å². The molecule has 0 aliphatic rings. The summed E-state index contributed by atoms with van der Waals surface area (Å²) in [5, 5.41) is 7.39. The van der Waals surface area contributed by atoms with Gasteiger partial charge in [-0.15, -0.1) is 10.2 Å². The molecule has 1 aromatic heterocycles. The second kappa shape index (κ2) is 3.55. The van der Waals surface area contributed by atoms with Crippen molar-refractivity contribution >= 4 is 23.2 Å². The van der Waals surface area contributed by atoms with Gasteiger partial charge in [0.05, 0.1) is 5.02 Å². The van der Waals surface area contributed by atoms with Gasteiger partial charge in [0.1, 0.15) is 17.8 Å². The zero-order valence-electron chi connectivity index (χ0n) is 6.78. The Labute approximate surface area is 89.1 Å². The minimum absolute atomic E-state index is 0.0667. The molecule has 72 valence electrons. The zero-order chi connectivity index (χ0) is 10.1. The molecule has 0 saturated heterocycles. The average molecular weight is 232 g/mol. The summed E-state index contributed by atoms with van der Waals surface area (Å²) in [6.07, 6.45) is 1.30. The molecule has 6 heteroatoms. The Balaban J connectivity index is 2.68. The van der Waals surface area contributed by atoms with E-state index in [0.717, 1.165) is 0 Å². The van der Waals surface area contributed by atoms with E-state index in [9.17, 15) is 4.39 Å². The lowest BCUT2D eigenvalue weighted by atomic mass is 10.3. The zero-order valence-corrected chi connectivity index (χ0v) is 8.30. The molecule has 0 atom stereocenters. The Bertz CT molecular complexity index is 449. The Morgan fingerprint density at radius 3 is 2.64 bits per heavy atom. The van der Waals surface area contributed by atoms with Gasteiger partial charge in [0.25, 0.3) is 0 Å². The van der Waals surface area contributed by atoms with Crippen LogP contribution in [-0.2, 0) is 0 Å². The SMILES string of the molecule is Fc1cccc(Cl)c1-n1cnnc1Cl. The maximum atomic E-state index is 13.4. The van der Waals surface area contributed by atoms with Crippen molar-refractivity contribution in [1.29, 1.82) is 0 Å². The number of hydrogen-bond acceptors (Lipinski definition) is 2. The highest BCUT2D eigenvalue weighted by atomic mass is 35.5. The third-order valence-corrected chi connectivity index (χ3v) is 2.25. The average Bonchev–Trinajstić information content (AvgIpc) is 2.52. The first kappa shape index (κ1) is 9.43. The molecular formula is C8H4Cl2FN3. The molecule has 2 aromatic rings. The van der Waals surface area contributed by atoms with Crippen LogP contribution in [0.3, 0.4) is 0 Å². The fourth-order valence-electron chi connectivity index (χ4n) is 1.09. The first-order chi connectivity index (χ1) is 6.70. The van der Waals surface area contributed by atoms with Crippen molar-refractivity contribution < 1.29 is 4.39 Å². The molecule has 0 spiro atoms. The van der Waals surface area contributed by atoms with E-state index in [-0.39, 0.29) is 16.0 Å². The number of halogens is 3. The number of aromatic nitrogens is 3. The summed E-state index contributed by atoms with van der Waals surface area (Å²) in [6.45, 7) is 0. The Hall–Kier alpha value is -1.13. The molecule has 2 rings (SSSR count). The lowest BCUT2D eigenvalue weighted by Gasteiger charge is -2.05. The number of para-hydroxylation sites is 1. The maximum absolute atomic E-state index is 13.4. The van der Waals surface area contributed by atoms with E-state index < -0.39 is 5.82 Å². The Kier molecular flexibility index (Phi) is 2.39. The van der Waals surface area contributed by atoms with Crippen LogP contribution in [0.4, 0.5) is 4.39 Å². The lowest BCUT2D eigenvalue weighted by Crippen LogP contribution is -1.97. The third-order valence-electron chi connectivity index (χ3n) is 1.68. The van der Waals surface area contributed by atoms with Crippen LogP contribution >= 0.6 is 23.2 Å². The summed E-state index contributed by atoms with van der Waals surface area (Å²) < 4.78 is 14.7. The largest absolute Gasteiger partial charge is 0.268 e. The van der Waals surface area contributed by atoms with Crippen LogP contribution in [0.5, 0.6) is 0 Å². The van der Waals surface area contributed by atoms with Gasteiger partial charge in [-0.1, -0.05) is 17.7 Å². The molecule has 0 saturated carbocycles. The first-order valence-corrected chi connectivity index (χ1v) is 4.45. The molecule has 0 N–H and O–H groups in total. The molecule has 14 heavy (non-hydrogen) atoms. The summed E-state index contributed by atoms with van der Waals surface area (Å²) in [7, 11) is 0. The van der Waals surface area contributed by atoms with E-state index in [0.29, 0.717) is 0 Å². The van der Waals surface area contributed by atoms with Gasteiger partial charge in [-0.3, -0.25) is 4.57 Å². The molecule has 0 fully saturated rings. The van der Waals surface area contributed by atoms with Gasteiger partial charge in [-0.05, 0) is 23.7 Å². The van der Waals surface area contributed by atoms with Crippen molar-refractivity contribution in [2.75, 3.05) is 0 Å². The topological polar surface area (TPSA) is 30.7 Å². The van der Waals surface area contributed by atoms with Crippen LogP contribution in [-0.4, -0.2) is 14.8 Å². The van der Waals surface area contributed by atoms with E-state index in [1.165, 1.54) is 23.0 Å². The van der Waals surface area contributed by atoms with Gasteiger partial charge in [-0.25, -0.2) is 4.39 Å². The Morgan fingerprint density at radius 2 is 2.07 bits per heavy atom. The Morgan fingerprint density at radius 1 is 1.29 bits per heavy atom. The van der Waals surface area contributed by atoms with E-state index in [1.807, 2.05) is 0 Å². The van der Waals surface area contributed by atoms with E-state index in [4.69, 9.17) is 23.2 Å².